The smallest absolute Gasteiger partial charge is 0.167 e. The number of rotatable bonds is 2. The van der Waals surface area contributed by atoms with Gasteiger partial charge in [0.15, 0.2) is 6.29 Å². The Hall–Kier alpha value is -2.04. The molecule has 0 radical (unpaired) electrons. The van der Waals surface area contributed by atoms with Crippen molar-refractivity contribution in [2.75, 3.05) is 0 Å². The summed E-state index contributed by atoms with van der Waals surface area (Å²) in [5.41, 5.74) is 1.20. The third-order valence-corrected chi connectivity index (χ3v) is 1.56. The van der Waals surface area contributed by atoms with Crippen LogP contribution < -0.4 is 0 Å². The molecule has 0 amide bonds. The molecule has 1 N–H and O–H groups in total. The van der Waals surface area contributed by atoms with Gasteiger partial charge in [0, 0.05) is 12.4 Å². The first-order valence-electron chi connectivity index (χ1n) is 3.66. The van der Waals surface area contributed by atoms with E-state index < -0.39 is 0 Å². The SMILES string of the molecule is O=Cc1cnc(-c2cncnc2)[nH]1. The average molecular weight is 174 g/mol. The minimum atomic E-state index is 0.443. The van der Waals surface area contributed by atoms with Crippen LogP contribution in [-0.2, 0) is 0 Å². The normalized spacial score (nSPS) is 9.85. The Labute approximate surface area is 73.9 Å². The zero-order chi connectivity index (χ0) is 9.10. The van der Waals surface area contributed by atoms with Crippen LogP contribution >= 0.6 is 0 Å². The van der Waals surface area contributed by atoms with Crippen molar-refractivity contribution in [3.05, 3.63) is 30.6 Å². The summed E-state index contributed by atoms with van der Waals surface area (Å²) in [5.74, 6) is 0.600. The summed E-state index contributed by atoms with van der Waals surface area (Å²) >= 11 is 0. The van der Waals surface area contributed by atoms with Gasteiger partial charge in [0.2, 0.25) is 0 Å². The minimum absolute atomic E-state index is 0.443. The van der Waals surface area contributed by atoms with E-state index in [1.54, 1.807) is 12.4 Å². The van der Waals surface area contributed by atoms with Gasteiger partial charge in [-0.3, -0.25) is 4.79 Å². The fraction of sp³-hybridized carbons (Fsp3) is 0. The minimum Gasteiger partial charge on any atom is -0.336 e. The maximum atomic E-state index is 10.3. The predicted octanol–water partition coefficient (Wildman–Crippen LogP) is 0.679. The highest BCUT2D eigenvalue weighted by Gasteiger charge is 2.01. The van der Waals surface area contributed by atoms with Gasteiger partial charge in [0.1, 0.15) is 12.2 Å². The number of aldehydes is 1. The lowest BCUT2D eigenvalue weighted by molar-refractivity contribution is 0.111. The molecule has 0 aliphatic carbocycles. The summed E-state index contributed by atoms with van der Waals surface area (Å²) < 4.78 is 0. The number of aromatic amines is 1. The van der Waals surface area contributed by atoms with Gasteiger partial charge >= 0.3 is 0 Å². The molecule has 0 aliphatic rings. The van der Waals surface area contributed by atoms with Gasteiger partial charge in [-0.2, -0.15) is 0 Å². The highest BCUT2D eigenvalue weighted by Crippen LogP contribution is 2.11. The van der Waals surface area contributed by atoms with Crippen LogP contribution in [0.15, 0.2) is 24.9 Å². The Morgan fingerprint density at radius 2 is 2.00 bits per heavy atom. The van der Waals surface area contributed by atoms with Crippen molar-refractivity contribution < 1.29 is 4.79 Å². The first-order valence-corrected chi connectivity index (χ1v) is 3.66. The van der Waals surface area contributed by atoms with Gasteiger partial charge < -0.3 is 4.98 Å². The maximum absolute atomic E-state index is 10.3. The molecule has 0 aromatic carbocycles. The van der Waals surface area contributed by atoms with Crippen molar-refractivity contribution >= 4 is 6.29 Å². The Bertz CT molecular complexity index is 409. The van der Waals surface area contributed by atoms with E-state index >= 15 is 0 Å². The molecular formula is C8H6N4O. The molecule has 2 rings (SSSR count). The van der Waals surface area contributed by atoms with E-state index in [0.29, 0.717) is 17.8 Å². The first kappa shape index (κ1) is 7.60. The van der Waals surface area contributed by atoms with E-state index in [1.807, 2.05) is 0 Å². The molecular weight excluding hydrogens is 168 g/mol. The number of hydrogen-bond acceptors (Lipinski definition) is 4. The van der Waals surface area contributed by atoms with E-state index in [2.05, 4.69) is 19.9 Å². The van der Waals surface area contributed by atoms with Crippen molar-refractivity contribution in [2.45, 2.75) is 0 Å². The number of carbonyl (C=O) groups excluding carboxylic acids is 1. The summed E-state index contributed by atoms with van der Waals surface area (Å²) in [6.07, 6.45) is 6.86. The van der Waals surface area contributed by atoms with E-state index in [-0.39, 0.29) is 0 Å². The van der Waals surface area contributed by atoms with Crippen LogP contribution in [0.1, 0.15) is 10.5 Å². The van der Waals surface area contributed by atoms with Gasteiger partial charge in [-0.15, -0.1) is 0 Å². The van der Waals surface area contributed by atoms with Crippen LogP contribution in [0.4, 0.5) is 0 Å². The molecule has 0 bridgehead atoms. The van der Waals surface area contributed by atoms with E-state index in [0.717, 1.165) is 5.56 Å². The number of aromatic nitrogens is 4. The standard InChI is InChI=1S/C8H6N4O/c13-4-7-3-11-8(12-7)6-1-9-5-10-2-6/h1-5H,(H,11,12). The molecule has 0 aliphatic heterocycles. The second-order valence-corrected chi connectivity index (χ2v) is 2.43. The van der Waals surface area contributed by atoms with Crippen molar-refractivity contribution in [1.82, 2.24) is 19.9 Å². The number of hydrogen-bond donors (Lipinski definition) is 1. The number of nitrogens with zero attached hydrogens (tertiary/aromatic N) is 3. The highest BCUT2D eigenvalue weighted by molar-refractivity contribution is 5.73. The van der Waals surface area contributed by atoms with Gasteiger partial charge in [-0.05, 0) is 0 Å². The van der Waals surface area contributed by atoms with Crippen molar-refractivity contribution in [3.8, 4) is 11.4 Å². The molecule has 2 aromatic heterocycles. The Morgan fingerprint density at radius 1 is 1.23 bits per heavy atom. The summed E-state index contributed by atoms with van der Waals surface area (Å²) in [7, 11) is 0. The van der Waals surface area contributed by atoms with Crippen molar-refractivity contribution in [3.63, 3.8) is 0 Å². The van der Waals surface area contributed by atoms with Gasteiger partial charge in [-0.1, -0.05) is 0 Å². The number of imidazole rings is 1. The summed E-state index contributed by atoms with van der Waals surface area (Å²) in [6, 6.07) is 0. The van der Waals surface area contributed by atoms with Gasteiger partial charge in [0.05, 0.1) is 17.5 Å². The topological polar surface area (TPSA) is 71.5 Å². The van der Waals surface area contributed by atoms with Crippen LogP contribution in [0.3, 0.4) is 0 Å². The summed E-state index contributed by atoms with van der Waals surface area (Å²) in [4.78, 5) is 24.8. The molecule has 13 heavy (non-hydrogen) atoms. The second-order valence-electron chi connectivity index (χ2n) is 2.43. The molecule has 2 heterocycles. The molecule has 64 valence electrons. The Morgan fingerprint density at radius 3 is 2.62 bits per heavy atom. The van der Waals surface area contributed by atoms with Crippen molar-refractivity contribution in [2.24, 2.45) is 0 Å². The zero-order valence-electron chi connectivity index (χ0n) is 6.64. The highest BCUT2D eigenvalue weighted by atomic mass is 16.1. The third-order valence-electron chi connectivity index (χ3n) is 1.56. The van der Waals surface area contributed by atoms with E-state index in [9.17, 15) is 4.79 Å². The zero-order valence-corrected chi connectivity index (χ0v) is 6.64. The van der Waals surface area contributed by atoms with Crippen LogP contribution in [-0.4, -0.2) is 26.2 Å². The fourth-order valence-corrected chi connectivity index (χ4v) is 0.963. The van der Waals surface area contributed by atoms with E-state index in [4.69, 9.17) is 0 Å². The molecule has 0 fully saturated rings. The van der Waals surface area contributed by atoms with Gasteiger partial charge in [0.25, 0.3) is 0 Å². The summed E-state index contributed by atoms with van der Waals surface area (Å²) in [6.45, 7) is 0. The number of H-pyrrole nitrogens is 1. The fourth-order valence-electron chi connectivity index (χ4n) is 0.963. The number of carbonyl (C=O) groups is 1. The molecule has 0 unspecified atom stereocenters. The Kier molecular flexibility index (Phi) is 1.84. The van der Waals surface area contributed by atoms with Crippen LogP contribution in [0.2, 0.25) is 0 Å². The Balaban J connectivity index is 2.41. The molecule has 0 atom stereocenters. The molecule has 2 aromatic rings. The average Bonchev–Trinajstić information content (AvgIpc) is 2.67. The second kappa shape index (κ2) is 3.14. The molecule has 0 spiro atoms. The molecule has 0 saturated carbocycles. The lowest BCUT2D eigenvalue weighted by Crippen LogP contribution is -1.84. The van der Waals surface area contributed by atoms with Crippen LogP contribution in [0.5, 0.6) is 0 Å². The monoisotopic (exact) mass is 174 g/mol. The maximum Gasteiger partial charge on any atom is 0.167 e. The lowest BCUT2D eigenvalue weighted by atomic mass is 10.3. The largest absolute Gasteiger partial charge is 0.336 e. The summed E-state index contributed by atoms with van der Waals surface area (Å²) in [5, 5.41) is 0. The van der Waals surface area contributed by atoms with Crippen molar-refractivity contribution in [1.29, 1.82) is 0 Å². The lowest BCUT2D eigenvalue weighted by Gasteiger charge is -1.91. The quantitative estimate of drug-likeness (QED) is 0.679. The van der Waals surface area contributed by atoms with Gasteiger partial charge in [-0.25, -0.2) is 15.0 Å². The predicted molar refractivity (Wildman–Crippen MR) is 45.0 cm³/mol. The van der Waals surface area contributed by atoms with Crippen LogP contribution in [0.25, 0.3) is 11.4 Å². The third kappa shape index (κ3) is 1.44. The first-order chi connectivity index (χ1) is 6.40. The number of nitrogens with one attached hydrogen (secondary N) is 1. The molecule has 5 nitrogen and oxygen atoms in total. The molecule has 5 heteroatoms. The van der Waals surface area contributed by atoms with E-state index in [1.165, 1.54) is 12.5 Å². The van der Waals surface area contributed by atoms with Crippen LogP contribution in [0, 0.1) is 0 Å². The molecule has 0 saturated heterocycles.